The first-order valence-corrected chi connectivity index (χ1v) is 9.33. The van der Waals surface area contributed by atoms with E-state index < -0.39 is 30.1 Å². The maximum atomic E-state index is 13.3. The smallest absolute Gasteiger partial charge is 0.471 e. The van der Waals surface area contributed by atoms with Crippen molar-refractivity contribution < 1.29 is 37.0 Å². The Bertz CT molecular complexity index is 898. The van der Waals surface area contributed by atoms with E-state index in [2.05, 4.69) is 15.9 Å². The average Bonchev–Trinajstić information content (AvgIpc) is 2.71. The van der Waals surface area contributed by atoms with E-state index in [1.54, 1.807) is 12.1 Å². The number of Topliss-reactive ketones (excluding diaryl/α,β-unsaturated/α-hetero) is 1. The van der Waals surface area contributed by atoms with E-state index in [4.69, 9.17) is 14.2 Å². The van der Waals surface area contributed by atoms with Crippen LogP contribution in [0.25, 0.3) is 0 Å². The Labute approximate surface area is 179 Å². The number of ether oxygens (including phenoxy) is 3. The number of nitrogens with one attached hydrogen (secondary N) is 1. The highest BCUT2D eigenvalue weighted by Gasteiger charge is 2.40. The van der Waals surface area contributed by atoms with Gasteiger partial charge in [0.1, 0.15) is 11.7 Å². The highest BCUT2D eigenvalue weighted by molar-refractivity contribution is 9.10. The Hall–Kier alpha value is -2.43. The van der Waals surface area contributed by atoms with Crippen molar-refractivity contribution in [1.82, 2.24) is 0 Å². The van der Waals surface area contributed by atoms with E-state index in [0.29, 0.717) is 10.2 Å². The Morgan fingerprint density at radius 2 is 1.60 bits per heavy atom. The van der Waals surface area contributed by atoms with Crippen LogP contribution in [-0.4, -0.2) is 45.5 Å². The van der Waals surface area contributed by atoms with Crippen LogP contribution in [0.5, 0.6) is 5.75 Å². The zero-order valence-electron chi connectivity index (χ0n) is 16.2. The number of carbonyl (C=O) groups is 2. The van der Waals surface area contributed by atoms with Crippen molar-refractivity contribution in [2.24, 2.45) is 0 Å². The summed E-state index contributed by atoms with van der Waals surface area (Å²) in [6.45, 7) is 0. The lowest BCUT2D eigenvalue weighted by Gasteiger charge is -2.26. The van der Waals surface area contributed by atoms with Gasteiger partial charge in [-0.05, 0) is 42.0 Å². The lowest BCUT2D eigenvalue weighted by atomic mass is 9.88. The lowest BCUT2D eigenvalue weighted by Crippen LogP contribution is -2.33. The fourth-order valence-electron chi connectivity index (χ4n) is 2.82. The molecule has 2 aromatic rings. The molecule has 10 heteroatoms. The molecule has 0 aliphatic rings. The molecular weight excluding hydrogens is 471 g/mol. The molecule has 1 atom stereocenters. The van der Waals surface area contributed by atoms with Gasteiger partial charge in [-0.3, -0.25) is 9.59 Å². The summed E-state index contributed by atoms with van der Waals surface area (Å²) in [5, 5.41) is 1.82. The van der Waals surface area contributed by atoms with Gasteiger partial charge in [-0.2, -0.15) is 13.2 Å². The van der Waals surface area contributed by atoms with Crippen molar-refractivity contribution in [3.8, 4) is 5.75 Å². The van der Waals surface area contributed by atoms with Gasteiger partial charge in [-0.1, -0.05) is 22.0 Å². The predicted octanol–water partition coefficient (Wildman–Crippen LogP) is 4.54. The highest BCUT2D eigenvalue weighted by atomic mass is 79.9. The number of halogens is 4. The van der Waals surface area contributed by atoms with E-state index in [1.165, 1.54) is 51.7 Å². The third-order valence-corrected chi connectivity index (χ3v) is 4.74. The number of hydrogen-bond donors (Lipinski definition) is 1. The number of ketones is 1. The first-order chi connectivity index (χ1) is 14.1. The monoisotopic (exact) mass is 489 g/mol. The summed E-state index contributed by atoms with van der Waals surface area (Å²) in [5.41, 5.74) is 0.166. The van der Waals surface area contributed by atoms with Gasteiger partial charge in [0.15, 0.2) is 12.1 Å². The van der Waals surface area contributed by atoms with Crippen LogP contribution in [0.3, 0.4) is 0 Å². The number of benzene rings is 2. The van der Waals surface area contributed by atoms with Gasteiger partial charge in [-0.25, -0.2) is 0 Å². The number of carbonyl (C=O) groups excluding carboxylic acids is 2. The van der Waals surface area contributed by atoms with Crippen LogP contribution in [0, 0.1) is 0 Å². The number of methoxy groups -OCH3 is 3. The largest absolute Gasteiger partial charge is 0.497 e. The van der Waals surface area contributed by atoms with E-state index in [9.17, 15) is 22.8 Å². The number of amides is 1. The quantitative estimate of drug-likeness (QED) is 0.435. The molecule has 0 radical (unpaired) electrons. The van der Waals surface area contributed by atoms with E-state index in [-0.39, 0.29) is 16.8 Å². The summed E-state index contributed by atoms with van der Waals surface area (Å²) in [4.78, 5) is 24.8. The molecule has 0 fully saturated rings. The molecule has 30 heavy (non-hydrogen) atoms. The fraction of sp³-hybridized carbons (Fsp3) is 0.300. The molecule has 1 N–H and O–H groups in total. The number of hydrogen-bond acceptors (Lipinski definition) is 5. The van der Waals surface area contributed by atoms with Crippen LogP contribution in [0.4, 0.5) is 18.9 Å². The van der Waals surface area contributed by atoms with Crippen LogP contribution in [0.15, 0.2) is 46.9 Å². The van der Waals surface area contributed by atoms with Crippen molar-refractivity contribution in [2.45, 2.75) is 18.4 Å². The zero-order valence-corrected chi connectivity index (χ0v) is 17.8. The SMILES string of the molecule is COc1ccc(C(=O)C(c2ccc(Br)cc2NC(=O)C(F)(F)F)C(OC)OC)cc1. The minimum absolute atomic E-state index is 0.102. The predicted molar refractivity (Wildman–Crippen MR) is 107 cm³/mol. The van der Waals surface area contributed by atoms with Crippen molar-refractivity contribution in [3.63, 3.8) is 0 Å². The molecule has 0 spiro atoms. The molecule has 0 saturated carbocycles. The van der Waals surface area contributed by atoms with Crippen molar-refractivity contribution in [3.05, 3.63) is 58.1 Å². The summed E-state index contributed by atoms with van der Waals surface area (Å²) in [7, 11) is 4.08. The van der Waals surface area contributed by atoms with Gasteiger partial charge in [0.25, 0.3) is 0 Å². The summed E-state index contributed by atoms with van der Waals surface area (Å²) < 4.78 is 54.4. The van der Waals surface area contributed by atoms with Crippen LogP contribution in [-0.2, 0) is 14.3 Å². The molecule has 0 bridgehead atoms. The number of rotatable bonds is 8. The number of anilines is 1. The molecule has 0 saturated heterocycles. The molecule has 0 aliphatic carbocycles. The number of alkyl halides is 3. The molecule has 1 amide bonds. The lowest BCUT2D eigenvalue weighted by molar-refractivity contribution is -0.167. The van der Waals surface area contributed by atoms with Gasteiger partial charge in [0.2, 0.25) is 0 Å². The Morgan fingerprint density at radius 1 is 1.00 bits per heavy atom. The molecule has 162 valence electrons. The second kappa shape index (κ2) is 10.1. The first kappa shape index (κ1) is 23.8. The van der Waals surface area contributed by atoms with Gasteiger partial charge < -0.3 is 19.5 Å². The van der Waals surface area contributed by atoms with Crippen LogP contribution < -0.4 is 10.1 Å². The van der Waals surface area contributed by atoms with Crippen molar-refractivity contribution in [2.75, 3.05) is 26.6 Å². The highest BCUT2D eigenvalue weighted by Crippen LogP contribution is 2.35. The molecule has 0 heterocycles. The Morgan fingerprint density at radius 3 is 2.10 bits per heavy atom. The summed E-state index contributed by atoms with van der Waals surface area (Å²) in [6, 6.07) is 10.4. The maximum absolute atomic E-state index is 13.3. The van der Waals surface area contributed by atoms with Gasteiger partial charge in [-0.15, -0.1) is 0 Å². The molecule has 2 rings (SSSR count). The van der Waals surface area contributed by atoms with Crippen LogP contribution >= 0.6 is 15.9 Å². The Kier molecular flexibility index (Phi) is 7.99. The molecule has 0 aliphatic heterocycles. The van der Waals surface area contributed by atoms with Crippen molar-refractivity contribution in [1.29, 1.82) is 0 Å². The van der Waals surface area contributed by atoms with E-state index in [1.807, 2.05) is 5.32 Å². The molecule has 0 aromatic heterocycles. The third kappa shape index (κ3) is 5.59. The van der Waals surface area contributed by atoms with Crippen molar-refractivity contribution >= 4 is 33.3 Å². The zero-order chi connectivity index (χ0) is 22.5. The maximum Gasteiger partial charge on any atom is 0.471 e. The van der Waals surface area contributed by atoms with Gasteiger partial charge >= 0.3 is 12.1 Å². The minimum atomic E-state index is -5.10. The first-order valence-electron chi connectivity index (χ1n) is 8.53. The van der Waals surface area contributed by atoms with Crippen LogP contribution in [0.1, 0.15) is 21.8 Å². The van der Waals surface area contributed by atoms with Gasteiger partial charge in [0.05, 0.1) is 7.11 Å². The van der Waals surface area contributed by atoms with E-state index in [0.717, 1.165) is 0 Å². The molecular formula is C20H19BrF3NO5. The molecule has 2 aromatic carbocycles. The molecule has 6 nitrogen and oxygen atoms in total. The Balaban J connectivity index is 2.56. The van der Waals surface area contributed by atoms with Gasteiger partial charge in [0, 0.05) is 29.9 Å². The average molecular weight is 490 g/mol. The van der Waals surface area contributed by atoms with Crippen LogP contribution in [0.2, 0.25) is 0 Å². The third-order valence-electron chi connectivity index (χ3n) is 4.25. The standard InChI is InChI=1S/C20H19BrF3NO5/c1-28-13-7-4-11(5-8-13)17(26)16(18(29-2)30-3)14-9-6-12(21)10-15(14)25-19(27)20(22,23)24/h4-10,16,18H,1-3H3,(H,25,27). The van der Waals surface area contributed by atoms with E-state index >= 15 is 0 Å². The summed E-state index contributed by atoms with van der Waals surface area (Å²) in [6.07, 6.45) is -6.22. The topological polar surface area (TPSA) is 73.9 Å². The minimum Gasteiger partial charge on any atom is -0.497 e. The fourth-order valence-corrected chi connectivity index (χ4v) is 3.18. The second-order valence-corrected chi connectivity index (χ2v) is 7.01. The summed E-state index contributed by atoms with van der Waals surface area (Å²) in [5.74, 6) is -3.27. The molecule has 1 unspecified atom stereocenters. The normalized spacial score (nSPS) is 12.5. The second-order valence-electron chi connectivity index (χ2n) is 6.09. The summed E-state index contributed by atoms with van der Waals surface area (Å²) >= 11 is 3.16.